The van der Waals surface area contributed by atoms with E-state index < -0.39 is 7.12 Å². The van der Waals surface area contributed by atoms with E-state index in [9.17, 15) is 5.02 Å². The first-order valence-corrected chi connectivity index (χ1v) is 5.73. The third kappa shape index (κ3) is 2.11. The van der Waals surface area contributed by atoms with Crippen molar-refractivity contribution < 1.29 is 9.68 Å². The highest BCUT2D eigenvalue weighted by Crippen LogP contribution is 2.32. The first-order chi connectivity index (χ1) is 7.08. The van der Waals surface area contributed by atoms with E-state index in [0.29, 0.717) is 0 Å². The van der Waals surface area contributed by atoms with E-state index in [4.69, 9.17) is 4.65 Å². The van der Waals surface area contributed by atoms with E-state index in [-0.39, 0.29) is 5.92 Å². The first kappa shape index (κ1) is 10.8. The van der Waals surface area contributed by atoms with Crippen LogP contribution in [0.4, 0.5) is 0 Å². The smallest absolute Gasteiger partial charge is 0.532 e. The Kier molecular flexibility index (Phi) is 2.89. The van der Waals surface area contributed by atoms with Gasteiger partial charge in [0, 0.05) is 10.0 Å². The quantitative estimate of drug-likeness (QED) is 0.792. The Balaban J connectivity index is 2.47. The summed E-state index contributed by atoms with van der Waals surface area (Å²) in [6.45, 7) is 4.09. The molecule has 0 spiro atoms. The van der Waals surface area contributed by atoms with Gasteiger partial charge in [0.1, 0.15) is 5.75 Å². The molecule has 0 bridgehead atoms. The standard InChI is InChI=1S/C11H12BBrO2/c1-7(2)10-6-8-5-9(13)3-4-11(8)15-12(10)14/h3-7,14H,1-2H3. The molecule has 1 aliphatic heterocycles. The Morgan fingerprint density at radius 2 is 2.13 bits per heavy atom. The van der Waals surface area contributed by atoms with E-state index in [0.717, 1.165) is 21.3 Å². The topological polar surface area (TPSA) is 29.5 Å². The predicted octanol–water partition coefficient (Wildman–Crippen LogP) is 2.90. The zero-order valence-electron chi connectivity index (χ0n) is 8.70. The molecule has 0 unspecified atom stereocenters. The van der Waals surface area contributed by atoms with Crippen LogP contribution in [0.1, 0.15) is 19.4 Å². The summed E-state index contributed by atoms with van der Waals surface area (Å²) >= 11 is 3.42. The minimum absolute atomic E-state index is 0.284. The molecule has 4 heteroatoms. The van der Waals surface area contributed by atoms with Gasteiger partial charge in [-0.15, -0.1) is 0 Å². The number of hydrogen-bond donors (Lipinski definition) is 1. The van der Waals surface area contributed by atoms with Crippen molar-refractivity contribution >= 4 is 29.1 Å². The van der Waals surface area contributed by atoms with Crippen molar-refractivity contribution in [2.24, 2.45) is 5.92 Å². The second-order valence-corrected chi connectivity index (χ2v) is 4.87. The molecule has 0 aliphatic carbocycles. The van der Waals surface area contributed by atoms with Crippen LogP contribution in [0.5, 0.6) is 5.75 Å². The lowest BCUT2D eigenvalue weighted by Gasteiger charge is -2.22. The van der Waals surface area contributed by atoms with Crippen molar-refractivity contribution in [3.05, 3.63) is 33.7 Å². The van der Waals surface area contributed by atoms with Gasteiger partial charge in [-0.25, -0.2) is 0 Å². The van der Waals surface area contributed by atoms with Gasteiger partial charge in [-0.3, -0.25) is 0 Å². The van der Waals surface area contributed by atoms with Crippen LogP contribution in [0.2, 0.25) is 0 Å². The summed E-state index contributed by atoms with van der Waals surface area (Å²) in [5.74, 6) is 1.02. The monoisotopic (exact) mass is 266 g/mol. The number of halogens is 1. The third-order valence-corrected chi connectivity index (χ3v) is 2.98. The number of allylic oxidation sites excluding steroid dienone is 1. The lowest BCUT2D eigenvalue weighted by molar-refractivity contribution is 0.416. The average molecular weight is 267 g/mol. The molecule has 1 aromatic carbocycles. The predicted molar refractivity (Wildman–Crippen MR) is 65.6 cm³/mol. The van der Waals surface area contributed by atoms with Crippen molar-refractivity contribution in [3.8, 4) is 5.75 Å². The van der Waals surface area contributed by atoms with Gasteiger partial charge in [-0.2, -0.15) is 0 Å². The fourth-order valence-corrected chi connectivity index (χ4v) is 2.01. The summed E-state index contributed by atoms with van der Waals surface area (Å²) in [4.78, 5) is 0. The van der Waals surface area contributed by atoms with Crippen LogP contribution in [-0.4, -0.2) is 12.1 Å². The van der Waals surface area contributed by atoms with Gasteiger partial charge in [0.05, 0.1) is 0 Å². The Hall–Kier alpha value is -0.735. The lowest BCUT2D eigenvalue weighted by atomic mass is 9.70. The van der Waals surface area contributed by atoms with Crippen molar-refractivity contribution in [3.63, 3.8) is 0 Å². The van der Waals surface area contributed by atoms with E-state index in [1.54, 1.807) is 0 Å². The van der Waals surface area contributed by atoms with E-state index in [1.807, 2.05) is 38.1 Å². The summed E-state index contributed by atoms with van der Waals surface area (Å²) in [7, 11) is -0.807. The van der Waals surface area contributed by atoms with Gasteiger partial charge in [-0.1, -0.05) is 35.9 Å². The first-order valence-electron chi connectivity index (χ1n) is 4.93. The molecule has 0 amide bonds. The van der Waals surface area contributed by atoms with Gasteiger partial charge in [0.25, 0.3) is 0 Å². The van der Waals surface area contributed by atoms with Crippen LogP contribution < -0.4 is 4.65 Å². The molecule has 0 saturated carbocycles. The Bertz CT molecular complexity index is 415. The van der Waals surface area contributed by atoms with Gasteiger partial charge < -0.3 is 9.68 Å². The molecule has 1 heterocycles. The Morgan fingerprint density at radius 1 is 1.40 bits per heavy atom. The highest BCUT2D eigenvalue weighted by molar-refractivity contribution is 9.10. The minimum Gasteiger partial charge on any atom is -0.532 e. The van der Waals surface area contributed by atoms with E-state index in [1.165, 1.54) is 0 Å². The van der Waals surface area contributed by atoms with E-state index in [2.05, 4.69) is 15.9 Å². The SMILES string of the molecule is CC(C)C1=Cc2cc(Br)ccc2OB1O. The Morgan fingerprint density at radius 3 is 2.80 bits per heavy atom. The Labute approximate surface area is 98.2 Å². The zero-order chi connectivity index (χ0) is 11.0. The molecule has 1 N–H and O–H groups in total. The molecular formula is C11H12BBrO2. The van der Waals surface area contributed by atoms with Gasteiger partial charge in [0.15, 0.2) is 0 Å². The fourth-order valence-electron chi connectivity index (χ4n) is 1.63. The molecule has 2 rings (SSSR count). The molecular weight excluding hydrogens is 255 g/mol. The largest absolute Gasteiger partial charge is 0.556 e. The fraction of sp³-hybridized carbons (Fsp3) is 0.273. The highest BCUT2D eigenvalue weighted by Gasteiger charge is 2.29. The molecule has 1 aromatic rings. The zero-order valence-corrected chi connectivity index (χ0v) is 10.3. The van der Waals surface area contributed by atoms with Gasteiger partial charge >= 0.3 is 7.12 Å². The second-order valence-electron chi connectivity index (χ2n) is 3.95. The van der Waals surface area contributed by atoms with Crippen molar-refractivity contribution in [2.45, 2.75) is 13.8 Å². The molecule has 0 saturated heterocycles. The number of hydrogen-bond acceptors (Lipinski definition) is 2. The second kappa shape index (κ2) is 4.03. The third-order valence-electron chi connectivity index (χ3n) is 2.48. The van der Waals surface area contributed by atoms with Crippen LogP contribution in [0.3, 0.4) is 0 Å². The number of benzene rings is 1. The van der Waals surface area contributed by atoms with Gasteiger partial charge in [-0.05, 0) is 29.6 Å². The maximum atomic E-state index is 9.75. The maximum absolute atomic E-state index is 9.75. The molecule has 2 nitrogen and oxygen atoms in total. The summed E-state index contributed by atoms with van der Waals surface area (Å²) in [6, 6.07) is 5.75. The maximum Gasteiger partial charge on any atom is 0.556 e. The van der Waals surface area contributed by atoms with Crippen LogP contribution in [0.25, 0.3) is 6.08 Å². The van der Waals surface area contributed by atoms with Crippen LogP contribution in [0.15, 0.2) is 28.1 Å². The van der Waals surface area contributed by atoms with Crippen molar-refractivity contribution in [1.82, 2.24) is 0 Å². The summed E-state index contributed by atoms with van der Waals surface area (Å²) < 4.78 is 6.44. The number of rotatable bonds is 1. The molecule has 15 heavy (non-hydrogen) atoms. The molecule has 0 aromatic heterocycles. The lowest BCUT2D eigenvalue weighted by Crippen LogP contribution is -2.30. The molecule has 0 radical (unpaired) electrons. The van der Waals surface area contributed by atoms with Crippen LogP contribution in [-0.2, 0) is 0 Å². The normalized spacial score (nSPS) is 14.7. The summed E-state index contributed by atoms with van der Waals surface area (Å²) in [5, 5.41) is 9.75. The number of fused-ring (bicyclic) bond motifs is 1. The molecule has 1 aliphatic rings. The van der Waals surface area contributed by atoms with E-state index >= 15 is 0 Å². The summed E-state index contributed by atoms with van der Waals surface area (Å²) in [6.07, 6.45) is 2.00. The van der Waals surface area contributed by atoms with Crippen molar-refractivity contribution in [2.75, 3.05) is 0 Å². The van der Waals surface area contributed by atoms with Crippen LogP contribution >= 0.6 is 15.9 Å². The summed E-state index contributed by atoms with van der Waals surface area (Å²) in [5.41, 5.74) is 1.93. The van der Waals surface area contributed by atoms with Crippen LogP contribution in [0, 0.1) is 5.92 Å². The molecule has 0 fully saturated rings. The van der Waals surface area contributed by atoms with Gasteiger partial charge in [0.2, 0.25) is 0 Å². The molecule has 0 atom stereocenters. The average Bonchev–Trinajstić information content (AvgIpc) is 2.17. The van der Waals surface area contributed by atoms with Crippen molar-refractivity contribution in [1.29, 1.82) is 0 Å². The highest BCUT2D eigenvalue weighted by atomic mass is 79.9. The molecule has 78 valence electrons. The minimum atomic E-state index is -0.807.